The number of carbonyl (C=O) groups excluding carboxylic acids is 1. The van der Waals surface area contributed by atoms with E-state index >= 15 is 0 Å². The molecule has 2 aromatic carbocycles. The molecule has 2 amide bonds. The lowest BCUT2D eigenvalue weighted by Crippen LogP contribution is -2.30. The number of rotatable bonds is 5. The Morgan fingerprint density at radius 2 is 1.75 bits per heavy atom. The molecule has 1 aromatic heterocycles. The molecule has 0 fully saturated rings. The first-order chi connectivity index (χ1) is 13.2. The van der Waals surface area contributed by atoms with E-state index in [2.05, 4.69) is 10.4 Å². The first kappa shape index (κ1) is 19.5. The van der Waals surface area contributed by atoms with Gasteiger partial charge in [0.05, 0.1) is 11.4 Å². The van der Waals surface area contributed by atoms with Gasteiger partial charge in [0, 0.05) is 12.1 Å². The lowest BCUT2D eigenvalue weighted by Gasteiger charge is -2.09. The van der Waals surface area contributed by atoms with E-state index in [1.165, 1.54) is 4.68 Å². The first-order valence-electron chi connectivity index (χ1n) is 8.61. The van der Waals surface area contributed by atoms with E-state index in [0.29, 0.717) is 29.9 Å². The number of amides is 2. The average molecular weight is 388 g/mol. The van der Waals surface area contributed by atoms with Crippen molar-refractivity contribution >= 4 is 6.03 Å². The summed E-state index contributed by atoms with van der Waals surface area (Å²) in [7, 11) is 0. The molecule has 0 saturated heterocycles. The van der Waals surface area contributed by atoms with Crippen molar-refractivity contribution in [3.8, 4) is 16.9 Å². The Kier molecular flexibility index (Phi) is 5.39. The summed E-state index contributed by atoms with van der Waals surface area (Å²) in [6, 6.07) is 14.6. The van der Waals surface area contributed by atoms with Gasteiger partial charge < -0.3 is 11.1 Å². The lowest BCUT2D eigenvalue weighted by molar-refractivity contribution is -0.141. The standard InChI is InChI=1S/C20H19F3N4O/c1-13-2-8-16(9-3-13)27-17(12-18(26-27)20(21,22)23)15-6-4-14(5-7-15)10-11-25-19(24)28/h2-9,12H,10-11H2,1H3,(H3,24,25,28). The zero-order chi connectivity index (χ0) is 20.3. The maximum atomic E-state index is 13.2. The molecule has 28 heavy (non-hydrogen) atoms. The molecular formula is C20H19F3N4O. The molecule has 3 rings (SSSR count). The Hall–Kier alpha value is -3.29. The third kappa shape index (κ3) is 4.51. The summed E-state index contributed by atoms with van der Waals surface area (Å²) in [5.41, 5.74) is 7.50. The van der Waals surface area contributed by atoms with E-state index in [-0.39, 0.29) is 0 Å². The Balaban J connectivity index is 1.94. The maximum absolute atomic E-state index is 13.2. The molecule has 0 aliphatic carbocycles. The fraction of sp³-hybridized carbons (Fsp3) is 0.200. The third-order valence-electron chi connectivity index (χ3n) is 4.24. The van der Waals surface area contributed by atoms with Gasteiger partial charge in [-0.3, -0.25) is 0 Å². The zero-order valence-corrected chi connectivity index (χ0v) is 15.1. The smallest absolute Gasteiger partial charge is 0.352 e. The summed E-state index contributed by atoms with van der Waals surface area (Å²) in [5, 5.41) is 6.27. The fourth-order valence-corrected chi connectivity index (χ4v) is 2.78. The molecule has 3 N–H and O–H groups in total. The Morgan fingerprint density at radius 1 is 1.11 bits per heavy atom. The van der Waals surface area contributed by atoms with Gasteiger partial charge in [0.15, 0.2) is 5.69 Å². The quantitative estimate of drug-likeness (QED) is 0.691. The fourth-order valence-electron chi connectivity index (χ4n) is 2.78. The molecule has 146 valence electrons. The Labute approximate surface area is 160 Å². The van der Waals surface area contributed by atoms with Crippen LogP contribution in [-0.4, -0.2) is 22.4 Å². The van der Waals surface area contributed by atoms with Crippen LogP contribution in [0.25, 0.3) is 16.9 Å². The third-order valence-corrected chi connectivity index (χ3v) is 4.24. The molecule has 0 saturated carbocycles. The number of aromatic nitrogens is 2. The van der Waals surface area contributed by atoms with Crippen molar-refractivity contribution in [1.82, 2.24) is 15.1 Å². The second-order valence-corrected chi connectivity index (χ2v) is 6.40. The van der Waals surface area contributed by atoms with E-state index in [0.717, 1.165) is 17.2 Å². The van der Waals surface area contributed by atoms with Crippen LogP contribution in [-0.2, 0) is 12.6 Å². The van der Waals surface area contributed by atoms with Crippen LogP contribution >= 0.6 is 0 Å². The molecule has 8 heteroatoms. The number of nitrogens with zero attached hydrogens (tertiary/aromatic N) is 2. The van der Waals surface area contributed by atoms with Gasteiger partial charge in [-0.1, -0.05) is 42.0 Å². The predicted octanol–water partition coefficient (Wildman–Crippen LogP) is 4.08. The molecule has 0 bridgehead atoms. The van der Waals surface area contributed by atoms with Gasteiger partial charge in [-0.05, 0) is 37.1 Å². The number of benzene rings is 2. The van der Waals surface area contributed by atoms with Crippen molar-refractivity contribution in [2.24, 2.45) is 5.73 Å². The number of halogens is 3. The summed E-state index contributed by atoms with van der Waals surface area (Å²) in [5.74, 6) is 0. The van der Waals surface area contributed by atoms with Crippen LogP contribution < -0.4 is 11.1 Å². The van der Waals surface area contributed by atoms with E-state index in [4.69, 9.17) is 5.73 Å². The van der Waals surface area contributed by atoms with E-state index in [9.17, 15) is 18.0 Å². The number of nitrogens with two attached hydrogens (primary N) is 1. The van der Waals surface area contributed by atoms with E-state index < -0.39 is 17.9 Å². The van der Waals surface area contributed by atoms with Gasteiger partial charge in [0.2, 0.25) is 0 Å². The summed E-state index contributed by atoms with van der Waals surface area (Å²) in [6.45, 7) is 2.29. The number of hydrogen-bond acceptors (Lipinski definition) is 2. The second-order valence-electron chi connectivity index (χ2n) is 6.40. The number of carbonyl (C=O) groups is 1. The van der Waals surface area contributed by atoms with Crippen LogP contribution in [0.3, 0.4) is 0 Å². The van der Waals surface area contributed by atoms with Gasteiger partial charge in [-0.25, -0.2) is 9.48 Å². The van der Waals surface area contributed by atoms with Crippen LogP contribution in [0.15, 0.2) is 54.6 Å². The topological polar surface area (TPSA) is 72.9 Å². The summed E-state index contributed by atoms with van der Waals surface area (Å²) in [6.07, 6.45) is -3.97. The van der Waals surface area contributed by atoms with Gasteiger partial charge in [-0.15, -0.1) is 0 Å². The molecule has 0 aliphatic heterocycles. The van der Waals surface area contributed by atoms with Gasteiger partial charge in [0.25, 0.3) is 0 Å². The van der Waals surface area contributed by atoms with Crippen molar-refractivity contribution in [1.29, 1.82) is 0 Å². The molecule has 0 atom stereocenters. The molecule has 0 aliphatic rings. The van der Waals surface area contributed by atoms with Gasteiger partial charge >= 0.3 is 12.2 Å². The van der Waals surface area contributed by atoms with E-state index in [1.54, 1.807) is 36.4 Å². The minimum absolute atomic E-state index is 0.345. The number of primary amides is 1. The minimum Gasteiger partial charge on any atom is -0.352 e. The van der Waals surface area contributed by atoms with Crippen LogP contribution in [0.2, 0.25) is 0 Å². The molecule has 5 nitrogen and oxygen atoms in total. The van der Waals surface area contributed by atoms with Gasteiger partial charge in [-0.2, -0.15) is 18.3 Å². The predicted molar refractivity (Wildman–Crippen MR) is 100 cm³/mol. The zero-order valence-electron chi connectivity index (χ0n) is 15.1. The lowest BCUT2D eigenvalue weighted by atomic mass is 10.1. The minimum atomic E-state index is -4.54. The highest BCUT2D eigenvalue weighted by molar-refractivity contribution is 5.71. The van der Waals surface area contributed by atoms with Crippen molar-refractivity contribution in [2.45, 2.75) is 19.5 Å². The van der Waals surface area contributed by atoms with Crippen LogP contribution in [0.5, 0.6) is 0 Å². The highest BCUT2D eigenvalue weighted by atomic mass is 19.4. The second kappa shape index (κ2) is 7.75. The van der Waals surface area contributed by atoms with Crippen molar-refractivity contribution in [3.05, 3.63) is 71.4 Å². The number of aryl methyl sites for hydroxylation is 1. The number of nitrogens with one attached hydrogen (secondary N) is 1. The van der Waals surface area contributed by atoms with Gasteiger partial charge in [0.1, 0.15) is 0 Å². The highest BCUT2D eigenvalue weighted by Crippen LogP contribution is 2.33. The maximum Gasteiger partial charge on any atom is 0.435 e. The molecule has 0 unspecified atom stereocenters. The average Bonchev–Trinajstić information content (AvgIpc) is 3.08. The first-order valence-corrected chi connectivity index (χ1v) is 8.61. The van der Waals surface area contributed by atoms with Crippen LogP contribution in [0.1, 0.15) is 16.8 Å². The number of alkyl halides is 3. The molecule has 1 heterocycles. The largest absolute Gasteiger partial charge is 0.435 e. The van der Waals surface area contributed by atoms with Crippen molar-refractivity contribution in [2.75, 3.05) is 6.54 Å². The Bertz CT molecular complexity index is 961. The molecular weight excluding hydrogens is 369 g/mol. The SMILES string of the molecule is Cc1ccc(-n2nc(C(F)(F)F)cc2-c2ccc(CCNC(N)=O)cc2)cc1. The van der Waals surface area contributed by atoms with Crippen molar-refractivity contribution in [3.63, 3.8) is 0 Å². The molecule has 0 spiro atoms. The summed E-state index contributed by atoms with van der Waals surface area (Å²) < 4.78 is 41.0. The van der Waals surface area contributed by atoms with E-state index in [1.807, 2.05) is 19.1 Å². The normalized spacial score (nSPS) is 11.4. The number of hydrogen-bond donors (Lipinski definition) is 2. The molecule has 3 aromatic rings. The monoisotopic (exact) mass is 388 g/mol. The summed E-state index contributed by atoms with van der Waals surface area (Å²) >= 11 is 0. The van der Waals surface area contributed by atoms with Crippen LogP contribution in [0, 0.1) is 6.92 Å². The van der Waals surface area contributed by atoms with Crippen molar-refractivity contribution < 1.29 is 18.0 Å². The van der Waals surface area contributed by atoms with Crippen LogP contribution in [0.4, 0.5) is 18.0 Å². The summed E-state index contributed by atoms with van der Waals surface area (Å²) in [4.78, 5) is 10.7. The molecule has 0 radical (unpaired) electrons. The highest BCUT2D eigenvalue weighted by Gasteiger charge is 2.35. The number of urea groups is 1. The Morgan fingerprint density at radius 3 is 2.32 bits per heavy atom.